The van der Waals surface area contributed by atoms with Crippen LogP contribution >= 0.6 is 0 Å². The van der Waals surface area contributed by atoms with E-state index in [9.17, 15) is 9.18 Å². The van der Waals surface area contributed by atoms with Gasteiger partial charge in [-0.25, -0.2) is 4.39 Å². The van der Waals surface area contributed by atoms with E-state index in [1.165, 1.54) is 16.8 Å². The van der Waals surface area contributed by atoms with Crippen LogP contribution in [0.1, 0.15) is 18.5 Å². The first-order valence-electron chi connectivity index (χ1n) is 8.01. The number of amides is 1. The number of halogens is 1. The molecule has 2 N–H and O–H groups in total. The summed E-state index contributed by atoms with van der Waals surface area (Å²) in [5, 5.41) is 17.4. The third-order valence-electron chi connectivity index (χ3n) is 4.15. The van der Waals surface area contributed by atoms with Crippen molar-refractivity contribution in [2.75, 3.05) is 10.6 Å². The number of nitrogens with zero attached hydrogens (tertiary/aromatic N) is 4. The van der Waals surface area contributed by atoms with E-state index >= 15 is 0 Å². The van der Waals surface area contributed by atoms with Gasteiger partial charge in [-0.2, -0.15) is 4.68 Å². The lowest BCUT2D eigenvalue weighted by Gasteiger charge is -2.28. The predicted octanol–water partition coefficient (Wildman–Crippen LogP) is 2.74. The van der Waals surface area contributed by atoms with Crippen molar-refractivity contribution in [3.05, 3.63) is 77.2 Å². The number of aromatic nitrogens is 4. The number of allylic oxidation sites excluding steroid dienone is 1. The van der Waals surface area contributed by atoms with E-state index in [-0.39, 0.29) is 5.91 Å². The maximum absolute atomic E-state index is 13.8. The van der Waals surface area contributed by atoms with Crippen molar-refractivity contribution in [3.8, 4) is 0 Å². The number of hydrogen-bond donors (Lipinski definition) is 2. The third kappa shape index (κ3) is 2.81. The lowest BCUT2D eigenvalue weighted by Crippen LogP contribution is -2.31. The predicted molar refractivity (Wildman–Crippen MR) is 93.8 cm³/mol. The fraction of sp³-hybridized carbons (Fsp3) is 0.111. The Morgan fingerprint density at radius 1 is 1.19 bits per heavy atom. The number of carbonyl (C=O) groups excluding carboxylic acids is 1. The van der Waals surface area contributed by atoms with Crippen LogP contribution in [-0.2, 0) is 4.79 Å². The first kappa shape index (κ1) is 15.9. The van der Waals surface area contributed by atoms with Gasteiger partial charge in [0, 0.05) is 11.4 Å². The molecule has 0 radical (unpaired) electrons. The molecular weight excluding hydrogens is 335 g/mol. The summed E-state index contributed by atoms with van der Waals surface area (Å²) < 4.78 is 15.3. The first-order valence-corrected chi connectivity index (χ1v) is 8.01. The first-order chi connectivity index (χ1) is 12.6. The van der Waals surface area contributed by atoms with Crippen LogP contribution in [0, 0.1) is 5.82 Å². The minimum Gasteiger partial charge on any atom is -0.326 e. The number of hydrogen-bond acceptors (Lipinski definition) is 5. The molecule has 0 unspecified atom stereocenters. The zero-order chi connectivity index (χ0) is 18.1. The van der Waals surface area contributed by atoms with Crippen LogP contribution in [0.5, 0.6) is 0 Å². The molecular formula is C18H15FN6O. The molecule has 2 aromatic carbocycles. The van der Waals surface area contributed by atoms with E-state index in [0.717, 1.165) is 0 Å². The lowest BCUT2D eigenvalue weighted by atomic mass is 9.95. The summed E-state index contributed by atoms with van der Waals surface area (Å²) in [6, 6.07) is 14.6. The van der Waals surface area contributed by atoms with Crippen LogP contribution in [-0.4, -0.2) is 26.1 Å². The molecule has 0 fully saturated rings. The minimum absolute atomic E-state index is 0.309. The van der Waals surface area contributed by atoms with Gasteiger partial charge < -0.3 is 10.6 Å². The minimum atomic E-state index is -0.638. The summed E-state index contributed by atoms with van der Waals surface area (Å²) in [5.41, 5.74) is 2.27. The van der Waals surface area contributed by atoms with Crippen LogP contribution in [0.4, 0.5) is 16.0 Å². The highest BCUT2D eigenvalue weighted by molar-refractivity contribution is 6.05. The standard InChI is InChI=1S/C18H15FN6O/c1-11-15(17(26)21-14-8-3-2-4-9-14)16(12-6-5-7-13(19)10-12)25-18(20-11)22-23-24-25/h2-10,16H,1H3,(H,21,26)(H,20,22,24)/t16-/m0/s1. The molecule has 3 aromatic rings. The van der Waals surface area contributed by atoms with Gasteiger partial charge in [0.25, 0.3) is 5.91 Å². The molecule has 1 atom stereocenters. The Morgan fingerprint density at radius 2 is 2.00 bits per heavy atom. The quantitative estimate of drug-likeness (QED) is 0.759. The SMILES string of the molecule is CC1=C(C(=O)Nc2ccccc2)[C@H](c2cccc(F)c2)n2nnnc2N1. The molecule has 1 aromatic heterocycles. The average Bonchev–Trinajstić information content (AvgIpc) is 3.09. The van der Waals surface area contributed by atoms with Gasteiger partial charge in [-0.3, -0.25) is 4.79 Å². The van der Waals surface area contributed by atoms with Crippen molar-refractivity contribution < 1.29 is 9.18 Å². The Kier molecular flexibility index (Phi) is 3.92. The fourth-order valence-corrected chi connectivity index (χ4v) is 3.01. The number of para-hydroxylation sites is 1. The van der Waals surface area contributed by atoms with Crippen LogP contribution in [0.3, 0.4) is 0 Å². The molecule has 4 rings (SSSR count). The number of tetrazole rings is 1. The monoisotopic (exact) mass is 350 g/mol. The molecule has 2 heterocycles. The summed E-state index contributed by atoms with van der Waals surface area (Å²) in [6.07, 6.45) is 0. The smallest absolute Gasteiger partial charge is 0.255 e. The van der Waals surface area contributed by atoms with Gasteiger partial charge in [-0.05, 0) is 47.2 Å². The van der Waals surface area contributed by atoms with E-state index in [0.29, 0.717) is 28.5 Å². The molecule has 26 heavy (non-hydrogen) atoms. The van der Waals surface area contributed by atoms with Gasteiger partial charge in [0.2, 0.25) is 5.95 Å². The summed E-state index contributed by atoms with van der Waals surface area (Å²) >= 11 is 0. The summed E-state index contributed by atoms with van der Waals surface area (Å²) in [4.78, 5) is 13.0. The van der Waals surface area contributed by atoms with Crippen molar-refractivity contribution in [2.24, 2.45) is 0 Å². The topological polar surface area (TPSA) is 84.7 Å². The molecule has 1 amide bonds. The molecule has 0 saturated heterocycles. The highest BCUT2D eigenvalue weighted by Crippen LogP contribution is 2.34. The van der Waals surface area contributed by atoms with Crippen LogP contribution in [0.2, 0.25) is 0 Å². The average molecular weight is 350 g/mol. The van der Waals surface area contributed by atoms with Gasteiger partial charge in [-0.1, -0.05) is 35.4 Å². The Bertz CT molecular complexity index is 998. The van der Waals surface area contributed by atoms with E-state index in [1.54, 1.807) is 31.2 Å². The summed E-state index contributed by atoms with van der Waals surface area (Å²) in [7, 11) is 0. The zero-order valence-electron chi connectivity index (χ0n) is 13.8. The number of nitrogens with one attached hydrogen (secondary N) is 2. The number of benzene rings is 2. The molecule has 130 valence electrons. The van der Waals surface area contributed by atoms with E-state index in [4.69, 9.17) is 0 Å². The number of anilines is 2. The summed E-state index contributed by atoms with van der Waals surface area (Å²) in [6.45, 7) is 1.77. The second-order valence-corrected chi connectivity index (χ2v) is 5.89. The number of fused-ring (bicyclic) bond motifs is 1. The fourth-order valence-electron chi connectivity index (χ4n) is 3.01. The molecule has 8 heteroatoms. The maximum Gasteiger partial charge on any atom is 0.255 e. The summed E-state index contributed by atoms with van der Waals surface area (Å²) in [5.74, 6) is -0.305. The van der Waals surface area contributed by atoms with Gasteiger partial charge >= 0.3 is 0 Å². The Morgan fingerprint density at radius 3 is 2.77 bits per heavy atom. The maximum atomic E-state index is 13.8. The second-order valence-electron chi connectivity index (χ2n) is 5.89. The number of rotatable bonds is 3. The van der Waals surface area contributed by atoms with Crippen LogP contribution in [0.15, 0.2) is 65.9 Å². The largest absolute Gasteiger partial charge is 0.326 e. The van der Waals surface area contributed by atoms with E-state index in [1.807, 2.05) is 18.2 Å². The lowest BCUT2D eigenvalue weighted by molar-refractivity contribution is -0.113. The van der Waals surface area contributed by atoms with E-state index < -0.39 is 11.9 Å². The van der Waals surface area contributed by atoms with Gasteiger partial charge in [0.15, 0.2) is 0 Å². The molecule has 0 saturated carbocycles. The Hall–Kier alpha value is -3.55. The Balaban J connectivity index is 1.78. The molecule has 0 aliphatic carbocycles. The molecule has 1 aliphatic heterocycles. The molecule has 1 aliphatic rings. The second kappa shape index (κ2) is 6.40. The van der Waals surface area contributed by atoms with E-state index in [2.05, 4.69) is 26.2 Å². The Labute approximate surface area is 148 Å². The molecule has 7 nitrogen and oxygen atoms in total. The van der Waals surface area contributed by atoms with Crippen molar-refractivity contribution in [1.82, 2.24) is 20.2 Å². The zero-order valence-corrected chi connectivity index (χ0v) is 13.8. The highest BCUT2D eigenvalue weighted by atomic mass is 19.1. The highest BCUT2D eigenvalue weighted by Gasteiger charge is 2.34. The van der Waals surface area contributed by atoms with Crippen LogP contribution in [0.25, 0.3) is 0 Å². The van der Waals surface area contributed by atoms with Crippen molar-refractivity contribution in [1.29, 1.82) is 0 Å². The van der Waals surface area contributed by atoms with Gasteiger partial charge in [-0.15, -0.1) is 0 Å². The molecule has 0 bridgehead atoms. The van der Waals surface area contributed by atoms with Crippen molar-refractivity contribution in [2.45, 2.75) is 13.0 Å². The van der Waals surface area contributed by atoms with Crippen molar-refractivity contribution >= 4 is 17.5 Å². The normalized spacial score (nSPS) is 16.0. The third-order valence-corrected chi connectivity index (χ3v) is 4.15. The number of carbonyl (C=O) groups is 1. The van der Waals surface area contributed by atoms with Crippen LogP contribution < -0.4 is 10.6 Å². The molecule has 0 spiro atoms. The van der Waals surface area contributed by atoms with Gasteiger partial charge in [0.1, 0.15) is 11.9 Å². The van der Waals surface area contributed by atoms with Crippen molar-refractivity contribution in [3.63, 3.8) is 0 Å². The van der Waals surface area contributed by atoms with Gasteiger partial charge in [0.05, 0.1) is 5.57 Å².